The number of para-hydroxylation sites is 1. The van der Waals surface area contributed by atoms with E-state index in [2.05, 4.69) is 4.90 Å². The van der Waals surface area contributed by atoms with Crippen LogP contribution in [0.15, 0.2) is 47.4 Å². The van der Waals surface area contributed by atoms with Crippen molar-refractivity contribution >= 4 is 39.1 Å². The molecule has 8 nitrogen and oxygen atoms in total. The number of aryl methyl sites for hydroxylation is 1. The number of hydrogen-bond donors (Lipinski definition) is 0. The van der Waals surface area contributed by atoms with Gasteiger partial charge in [-0.2, -0.15) is 4.31 Å². The fraction of sp³-hybridized carbons (Fsp3) is 0.606. The summed E-state index contributed by atoms with van der Waals surface area (Å²) >= 11 is 6.94. The minimum Gasteiger partial charge on any atom is -0.444 e. The molecule has 2 heterocycles. The van der Waals surface area contributed by atoms with Gasteiger partial charge in [-0.1, -0.05) is 49.1 Å². The number of rotatable bonds is 5. The SMILES string of the molecule is CN1[C@H](C2CCCCC2)CN(c2ccccc2)c2cc(Cl)c(CC[C@H]3COC(C)(C)N3C(=O)OC(C)(C)C)cc2S1(=O)=O. The van der Waals surface area contributed by atoms with Crippen LogP contribution in [0.2, 0.25) is 5.02 Å². The van der Waals surface area contributed by atoms with Crippen LogP contribution in [0.3, 0.4) is 0 Å². The van der Waals surface area contributed by atoms with Gasteiger partial charge in [0.05, 0.1) is 18.3 Å². The number of anilines is 2. The second-order valence-electron chi connectivity index (χ2n) is 13.6. The minimum atomic E-state index is -3.81. The van der Waals surface area contributed by atoms with Crippen molar-refractivity contribution in [3.63, 3.8) is 0 Å². The number of ether oxygens (including phenoxy) is 2. The van der Waals surface area contributed by atoms with Gasteiger partial charge in [-0.3, -0.25) is 4.90 Å². The van der Waals surface area contributed by atoms with Crippen molar-refractivity contribution in [1.82, 2.24) is 9.21 Å². The summed E-state index contributed by atoms with van der Waals surface area (Å²) in [5, 5.41) is 0.510. The molecule has 0 bridgehead atoms. The molecule has 1 aliphatic carbocycles. The fourth-order valence-electron chi connectivity index (χ4n) is 6.84. The smallest absolute Gasteiger partial charge is 0.412 e. The lowest BCUT2D eigenvalue weighted by atomic mass is 9.83. The molecule has 2 atom stereocenters. The molecule has 43 heavy (non-hydrogen) atoms. The fourth-order valence-corrected chi connectivity index (χ4v) is 8.73. The van der Waals surface area contributed by atoms with E-state index in [0.29, 0.717) is 42.6 Å². The topological polar surface area (TPSA) is 79.4 Å². The van der Waals surface area contributed by atoms with Gasteiger partial charge < -0.3 is 14.4 Å². The highest BCUT2D eigenvalue weighted by Crippen LogP contribution is 2.43. The van der Waals surface area contributed by atoms with Crippen LogP contribution in [0.5, 0.6) is 0 Å². The standard InChI is InChI=1S/C33H46ClN3O5S/c1-32(2,3)42-31(38)37-26(22-41-33(37,4)5)18-17-24-19-30-28(20-27(24)34)36(25-15-11-8-12-16-25)21-29(35(6)43(30,39)40)23-13-9-7-10-14-23/h8,11-12,15-16,19-20,23,26,29H,7,9-10,13-14,17-18,21-22H2,1-6H3/t26-,29-/m0/s1. The third-order valence-electron chi connectivity index (χ3n) is 9.09. The number of benzene rings is 2. The van der Waals surface area contributed by atoms with E-state index >= 15 is 0 Å². The molecule has 236 valence electrons. The van der Waals surface area contributed by atoms with Gasteiger partial charge in [0, 0.05) is 30.3 Å². The average Bonchev–Trinajstić information content (AvgIpc) is 3.22. The Kier molecular flexibility index (Phi) is 9.12. The first-order valence-corrected chi connectivity index (χ1v) is 17.3. The molecule has 0 spiro atoms. The normalized spacial score (nSPS) is 24.4. The maximum absolute atomic E-state index is 14.3. The molecule has 5 rings (SSSR count). The summed E-state index contributed by atoms with van der Waals surface area (Å²) in [6, 6.07) is 13.1. The van der Waals surface area contributed by atoms with Crippen molar-refractivity contribution in [3.8, 4) is 0 Å². The lowest BCUT2D eigenvalue weighted by Gasteiger charge is -2.36. The molecule has 0 unspecified atom stereocenters. The summed E-state index contributed by atoms with van der Waals surface area (Å²) in [5.41, 5.74) is 0.820. The Morgan fingerprint density at radius 1 is 1.09 bits per heavy atom. The van der Waals surface area contributed by atoms with Crippen LogP contribution in [0, 0.1) is 5.92 Å². The zero-order chi connectivity index (χ0) is 31.2. The number of carbonyl (C=O) groups is 1. The van der Waals surface area contributed by atoms with E-state index in [1.807, 2.05) is 71.0 Å². The molecule has 3 aliphatic rings. The lowest BCUT2D eigenvalue weighted by molar-refractivity contribution is -0.0626. The van der Waals surface area contributed by atoms with Crippen molar-refractivity contribution < 1.29 is 22.7 Å². The highest BCUT2D eigenvalue weighted by atomic mass is 35.5. The van der Waals surface area contributed by atoms with Gasteiger partial charge in [-0.25, -0.2) is 13.2 Å². The van der Waals surface area contributed by atoms with E-state index in [0.717, 1.165) is 36.9 Å². The highest BCUT2D eigenvalue weighted by molar-refractivity contribution is 7.89. The van der Waals surface area contributed by atoms with Gasteiger partial charge in [0.2, 0.25) is 10.0 Å². The number of carbonyl (C=O) groups excluding carboxylic acids is 1. The molecule has 10 heteroatoms. The summed E-state index contributed by atoms with van der Waals surface area (Å²) in [6.45, 7) is 10.2. The summed E-state index contributed by atoms with van der Waals surface area (Å²) < 4.78 is 41.9. The zero-order valence-corrected chi connectivity index (χ0v) is 27.9. The highest BCUT2D eigenvalue weighted by Gasteiger charge is 2.46. The van der Waals surface area contributed by atoms with Crippen molar-refractivity contribution in [2.75, 3.05) is 25.1 Å². The van der Waals surface area contributed by atoms with Crippen molar-refractivity contribution in [1.29, 1.82) is 0 Å². The Morgan fingerprint density at radius 3 is 2.42 bits per heavy atom. The molecule has 0 aromatic heterocycles. The summed E-state index contributed by atoms with van der Waals surface area (Å²) in [5.74, 6) is 0.300. The molecule has 1 saturated carbocycles. The van der Waals surface area contributed by atoms with E-state index in [4.69, 9.17) is 21.1 Å². The van der Waals surface area contributed by atoms with E-state index < -0.39 is 27.4 Å². The molecule has 1 amide bonds. The number of hydrogen-bond acceptors (Lipinski definition) is 6. The monoisotopic (exact) mass is 631 g/mol. The second kappa shape index (κ2) is 12.2. The predicted octanol–water partition coefficient (Wildman–Crippen LogP) is 7.37. The number of fused-ring (bicyclic) bond motifs is 1. The van der Waals surface area contributed by atoms with E-state index in [1.165, 1.54) is 6.42 Å². The first-order valence-electron chi connectivity index (χ1n) is 15.5. The van der Waals surface area contributed by atoms with Gasteiger partial charge in [0.15, 0.2) is 0 Å². The maximum Gasteiger partial charge on any atom is 0.412 e. The summed E-state index contributed by atoms with van der Waals surface area (Å²) in [6.07, 6.45) is 6.12. The number of amides is 1. The van der Waals surface area contributed by atoms with Gasteiger partial charge >= 0.3 is 6.09 Å². The minimum absolute atomic E-state index is 0.152. The molecule has 0 radical (unpaired) electrons. The molecule has 2 aromatic carbocycles. The number of halogens is 1. The van der Waals surface area contributed by atoms with E-state index in [1.54, 1.807) is 22.3 Å². The Morgan fingerprint density at radius 2 is 1.77 bits per heavy atom. The van der Waals surface area contributed by atoms with Crippen LogP contribution in [0.25, 0.3) is 0 Å². The number of nitrogens with zero attached hydrogens (tertiary/aromatic N) is 3. The average molecular weight is 632 g/mol. The summed E-state index contributed by atoms with van der Waals surface area (Å²) in [4.78, 5) is 17.2. The molecular formula is C33H46ClN3O5S. The van der Waals surface area contributed by atoms with Crippen LogP contribution in [-0.2, 0) is 25.9 Å². The van der Waals surface area contributed by atoms with E-state index in [-0.39, 0.29) is 17.0 Å². The molecule has 1 saturated heterocycles. The van der Waals surface area contributed by atoms with Crippen molar-refractivity contribution in [2.45, 2.75) is 108 Å². The van der Waals surface area contributed by atoms with E-state index in [9.17, 15) is 13.2 Å². The van der Waals surface area contributed by atoms with Crippen molar-refractivity contribution in [2.24, 2.45) is 5.92 Å². The first-order chi connectivity index (χ1) is 20.2. The number of sulfonamides is 1. The van der Waals surface area contributed by atoms with Crippen LogP contribution < -0.4 is 4.90 Å². The zero-order valence-electron chi connectivity index (χ0n) is 26.3. The molecular weight excluding hydrogens is 586 g/mol. The van der Waals surface area contributed by atoms with Crippen LogP contribution in [-0.4, -0.2) is 67.3 Å². The number of likely N-dealkylation sites (N-methyl/N-ethyl adjacent to an activating group) is 1. The van der Waals surface area contributed by atoms with Gasteiger partial charge in [-0.15, -0.1) is 0 Å². The predicted molar refractivity (Wildman–Crippen MR) is 170 cm³/mol. The summed E-state index contributed by atoms with van der Waals surface area (Å²) in [7, 11) is -2.08. The molecule has 2 aliphatic heterocycles. The van der Waals surface area contributed by atoms with Crippen LogP contribution in [0.1, 0.15) is 78.7 Å². The third-order valence-corrected chi connectivity index (χ3v) is 11.3. The second-order valence-corrected chi connectivity index (χ2v) is 16.0. The Balaban J connectivity index is 1.49. The van der Waals surface area contributed by atoms with Crippen molar-refractivity contribution in [3.05, 3.63) is 53.1 Å². The third kappa shape index (κ3) is 6.70. The maximum atomic E-state index is 14.3. The molecule has 2 aromatic rings. The Labute approximate surface area is 262 Å². The Hall–Kier alpha value is -2.33. The molecule has 2 fully saturated rings. The first kappa shape index (κ1) is 32.1. The Bertz CT molecular complexity index is 1420. The molecule has 0 N–H and O–H groups in total. The van der Waals surface area contributed by atoms with Crippen LogP contribution >= 0.6 is 11.6 Å². The largest absolute Gasteiger partial charge is 0.444 e. The van der Waals surface area contributed by atoms with Gasteiger partial charge in [-0.05, 0) is 96.0 Å². The van der Waals surface area contributed by atoms with Gasteiger partial charge in [0.25, 0.3) is 0 Å². The van der Waals surface area contributed by atoms with Crippen LogP contribution in [0.4, 0.5) is 16.2 Å². The quantitative estimate of drug-likeness (QED) is 0.343. The lowest BCUT2D eigenvalue weighted by Crippen LogP contribution is -2.49. The van der Waals surface area contributed by atoms with Gasteiger partial charge in [0.1, 0.15) is 16.2 Å².